The number of likely N-dealkylation sites (N-methyl/N-ethyl adjacent to an activating group) is 1. The Labute approximate surface area is 100 Å². The smallest absolute Gasteiger partial charge is 0.114 e. The Kier molecular flexibility index (Phi) is 2.61. The SMILES string of the molecule is CNC1COCC1c1nc2ccc(C)cc2[nH]1. The summed E-state index contributed by atoms with van der Waals surface area (Å²) in [5, 5.41) is 3.28. The van der Waals surface area contributed by atoms with E-state index < -0.39 is 0 Å². The third-order valence-corrected chi connectivity index (χ3v) is 3.46. The number of aromatic nitrogens is 2. The van der Waals surface area contributed by atoms with Crippen LogP contribution in [0, 0.1) is 6.92 Å². The Hall–Kier alpha value is -1.39. The van der Waals surface area contributed by atoms with Crippen LogP contribution in [0.3, 0.4) is 0 Å². The molecule has 2 heterocycles. The van der Waals surface area contributed by atoms with Crippen molar-refractivity contribution in [2.75, 3.05) is 20.3 Å². The minimum Gasteiger partial charge on any atom is -0.379 e. The molecule has 3 rings (SSSR count). The molecule has 2 N–H and O–H groups in total. The highest BCUT2D eigenvalue weighted by Crippen LogP contribution is 2.25. The molecule has 0 bridgehead atoms. The van der Waals surface area contributed by atoms with Crippen molar-refractivity contribution in [1.82, 2.24) is 15.3 Å². The van der Waals surface area contributed by atoms with Crippen LogP contribution < -0.4 is 5.32 Å². The summed E-state index contributed by atoms with van der Waals surface area (Å²) in [7, 11) is 1.97. The van der Waals surface area contributed by atoms with Crippen molar-refractivity contribution in [3.8, 4) is 0 Å². The number of aryl methyl sites for hydroxylation is 1. The van der Waals surface area contributed by atoms with Crippen molar-refractivity contribution >= 4 is 11.0 Å². The van der Waals surface area contributed by atoms with Crippen LogP contribution in [0.2, 0.25) is 0 Å². The first-order chi connectivity index (χ1) is 8.28. The third kappa shape index (κ3) is 1.83. The summed E-state index contributed by atoms with van der Waals surface area (Å²) >= 11 is 0. The van der Waals surface area contributed by atoms with E-state index in [1.54, 1.807) is 0 Å². The van der Waals surface area contributed by atoms with Gasteiger partial charge in [-0.1, -0.05) is 6.07 Å². The number of fused-ring (bicyclic) bond motifs is 1. The lowest BCUT2D eigenvalue weighted by Crippen LogP contribution is -2.31. The number of aromatic amines is 1. The molecule has 2 atom stereocenters. The van der Waals surface area contributed by atoms with E-state index in [0.717, 1.165) is 30.1 Å². The van der Waals surface area contributed by atoms with Crippen molar-refractivity contribution in [1.29, 1.82) is 0 Å². The number of ether oxygens (including phenoxy) is 1. The summed E-state index contributed by atoms with van der Waals surface area (Å²) in [6, 6.07) is 6.65. The fourth-order valence-electron chi connectivity index (χ4n) is 2.43. The molecule has 1 aliphatic rings. The predicted molar refractivity (Wildman–Crippen MR) is 67.2 cm³/mol. The van der Waals surface area contributed by atoms with Gasteiger partial charge in [-0.2, -0.15) is 0 Å². The minimum absolute atomic E-state index is 0.327. The van der Waals surface area contributed by atoms with Gasteiger partial charge >= 0.3 is 0 Å². The Morgan fingerprint density at radius 1 is 1.41 bits per heavy atom. The average Bonchev–Trinajstić information content (AvgIpc) is 2.93. The standard InChI is InChI=1S/C13H17N3O/c1-8-3-4-10-11(5-8)16-13(15-10)9-6-17-7-12(9)14-2/h3-5,9,12,14H,6-7H2,1-2H3,(H,15,16). The van der Waals surface area contributed by atoms with Crippen molar-refractivity contribution < 1.29 is 4.74 Å². The number of hydrogen-bond acceptors (Lipinski definition) is 3. The van der Waals surface area contributed by atoms with Gasteiger partial charge in [0.2, 0.25) is 0 Å². The second kappa shape index (κ2) is 4.13. The monoisotopic (exact) mass is 231 g/mol. The number of hydrogen-bond donors (Lipinski definition) is 2. The molecular formula is C13H17N3O. The number of imidazole rings is 1. The van der Waals surface area contributed by atoms with Gasteiger partial charge in [0.1, 0.15) is 5.82 Å². The van der Waals surface area contributed by atoms with E-state index in [1.807, 2.05) is 7.05 Å². The Bertz CT molecular complexity index is 534. The summed E-state index contributed by atoms with van der Waals surface area (Å²) in [6.45, 7) is 3.59. The van der Waals surface area contributed by atoms with Crippen LogP contribution in [-0.2, 0) is 4.74 Å². The summed E-state index contributed by atoms with van der Waals surface area (Å²) in [4.78, 5) is 8.07. The Morgan fingerprint density at radius 2 is 2.29 bits per heavy atom. The van der Waals surface area contributed by atoms with E-state index in [-0.39, 0.29) is 0 Å². The van der Waals surface area contributed by atoms with Crippen LogP contribution in [0.4, 0.5) is 0 Å². The minimum atomic E-state index is 0.327. The van der Waals surface area contributed by atoms with Gasteiger partial charge in [-0.05, 0) is 31.7 Å². The summed E-state index contributed by atoms with van der Waals surface area (Å²) in [5.41, 5.74) is 3.40. The molecule has 1 aromatic carbocycles. The Morgan fingerprint density at radius 3 is 3.12 bits per heavy atom. The fourth-order valence-corrected chi connectivity index (χ4v) is 2.43. The lowest BCUT2D eigenvalue weighted by molar-refractivity contribution is 0.188. The lowest BCUT2D eigenvalue weighted by Gasteiger charge is -2.13. The number of benzene rings is 1. The van der Waals surface area contributed by atoms with Crippen LogP contribution in [0.1, 0.15) is 17.3 Å². The van der Waals surface area contributed by atoms with E-state index in [9.17, 15) is 0 Å². The number of H-pyrrole nitrogens is 1. The van der Waals surface area contributed by atoms with Crippen LogP contribution in [0.5, 0.6) is 0 Å². The maximum atomic E-state index is 5.51. The maximum Gasteiger partial charge on any atom is 0.114 e. The molecular weight excluding hydrogens is 214 g/mol. The zero-order valence-electron chi connectivity index (χ0n) is 10.2. The molecule has 0 radical (unpaired) electrons. The largest absolute Gasteiger partial charge is 0.379 e. The first kappa shape index (κ1) is 10.7. The Balaban J connectivity index is 2.00. The second-order valence-electron chi connectivity index (χ2n) is 4.68. The molecule has 17 heavy (non-hydrogen) atoms. The molecule has 1 aliphatic heterocycles. The molecule has 1 fully saturated rings. The van der Waals surface area contributed by atoms with Gasteiger partial charge in [0, 0.05) is 6.04 Å². The number of rotatable bonds is 2. The van der Waals surface area contributed by atoms with Gasteiger partial charge < -0.3 is 15.0 Å². The number of nitrogens with one attached hydrogen (secondary N) is 2. The average molecular weight is 231 g/mol. The highest BCUT2D eigenvalue weighted by Gasteiger charge is 2.30. The van der Waals surface area contributed by atoms with E-state index in [4.69, 9.17) is 4.74 Å². The van der Waals surface area contributed by atoms with Gasteiger partial charge in [-0.15, -0.1) is 0 Å². The van der Waals surface area contributed by atoms with E-state index >= 15 is 0 Å². The van der Waals surface area contributed by atoms with Crippen molar-refractivity contribution in [2.45, 2.75) is 18.9 Å². The predicted octanol–water partition coefficient (Wildman–Crippen LogP) is 1.57. The van der Waals surface area contributed by atoms with Crippen LogP contribution >= 0.6 is 0 Å². The zero-order chi connectivity index (χ0) is 11.8. The molecule has 0 aliphatic carbocycles. The molecule has 4 nitrogen and oxygen atoms in total. The fraction of sp³-hybridized carbons (Fsp3) is 0.462. The lowest BCUT2D eigenvalue weighted by atomic mass is 10.0. The normalized spacial score (nSPS) is 24.6. The second-order valence-corrected chi connectivity index (χ2v) is 4.68. The van der Waals surface area contributed by atoms with Crippen LogP contribution in [0.15, 0.2) is 18.2 Å². The summed E-state index contributed by atoms with van der Waals surface area (Å²) < 4.78 is 5.51. The maximum absolute atomic E-state index is 5.51. The molecule has 4 heteroatoms. The molecule has 2 aromatic rings. The summed E-state index contributed by atoms with van der Waals surface area (Å²) in [6.07, 6.45) is 0. The zero-order valence-corrected chi connectivity index (χ0v) is 10.2. The van der Waals surface area contributed by atoms with Crippen molar-refractivity contribution in [3.63, 3.8) is 0 Å². The van der Waals surface area contributed by atoms with Crippen LogP contribution in [0.25, 0.3) is 11.0 Å². The van der Waals surface area contributed by atoms with E-state index in [0.29, 0.717) is 12.0 Å². The van der Waals surface area contributed by atoms with Gasteiger partial charge in [0.05, 0.1) is 30.2 Å². The van der Waals surface area contributed by atoms with E-state index in [1.165, 1.54) is 5.56 Å². The third-order valence-electron chi connectivity index (χ3n) is 3.46. The molecule has 0 saturated carbocycles. The quantitative estimate of drug-likeness (QED) is 0.825. The highest BCUT2D eigenvalue weighted by atomic mass is 16.5. The van der Waals surface area contributed by atoms with Crippen molar-refractivity contribution in [2.24, 2.45) is 0 Å². The highest BCUT2D eigenvalue weighted by molar-refractivity contribution is 5.75. The molecule has 1 saturated heterocycles. The van der Waals surface area contributed by atoms with Crippen molar-refractivity contribution in [3.05, 3.63) is 29.6 Å². The molecule has 0 amide bonds. The first-order valence-electron chi connectivity index (χ1n) is 5.99. The molecule has 90 valence electrons. The van der Waals surface area contributed by atoms with Gasteiger partial charge in [0.25, 0.3) is 0 Å². The van der Waals surface area contributed by atoms with Gasteiger partial charge in [-0.3, -0.25) is 0 Å². The molecule has 1 aromatic heterocycles. The van der Waals surface area contributed by atoms with Gasteiger partial charge in [0.15, 0.2) is 0 Å². The summed E-state index contributed by atoms with van der Waals surface area (Å²) in [5.74, 6) is 1.36. The van der Waals surface area contributed by atoms with E-state index in [2.05, 4.69) is 40.4 Å². The van der Waals surface area contributed by atoms with Crippen LogP contribution in [-0.4, -0.2) is 36.3 Å². The molecule has 0 spiro atoms. The number of nitrogens with zero attached hydrogens (tertiary/aromatic N) is 1. The topological polar surface area (TPSA) is 49.9 Å². The molecule has 2 unspecified atom stereocenters. The van der Waals surface area contributed by atoms with Gasteiger partial charge in [-0.25, -0.2) is 4.98 Å². The first-order valence-corrected chi connectivity index (χ1v) is 5.99.